The Morgan fingerprint density at radius 3 is 2.41 bits per heavy atom. The van der Waals surface area contributed by atoms with E-state index in [0.717, 1.165) is 19.6 Å². The maximum absolute atomic E-state index is 13.2. The second-order valence-corrected chi connectivity index (χ2v) is 7.37. The van der Waals surface area contributed by atoms with E-state index >= 15 is 0 Å². The van der Waals surface area contributed by atoms with Gasteiger partial charge in [0.1, 0.15) is 5.82 Å². The smallest absolute Gasteiger partial charge is 0.238 e. The van der Waals surface area contributed by atoms with Crippen LogP contribution in [0.4, 0.5) is 10.1 Å². The molecule has 2 amide bonds. The van der Waals surface area contributed by atoms with Crippen molar-refractivity contribution in [3.05, 3.63) is 66.0 Å². The summed E-state index contributed by atoms with van der Waals surface area (Å²) in [6.45, 7) is 4.19. The lowest BCUT2D eigenvalue weighted by atomic mass is 10.2. The highest BCUT2D eigenvalue weighted by Crippen LogP contribution is 2.10. The number of nitrogens with zero attached hydrogens (tertiary/aromatic N) is 3. The second kappa shape index (κ2) is 10.1. The normalized spacial score (nSPS) is 14.8. The monoisotopic (exact) mass is 398 g/mol. The average Bonchev–Trinajstić information content (AvgIpc) is 2.69. The van der Waals surface area contributed by atoms with Gasteiger partial charge in [0.05, 0.1) is 13.1 Å². The maximum atomic E-state index is 13.2. The molecule has 0 saturated carbocycles. The molecule has 0 atom stereocenters. The molecule has 2 aromatic rings. The fourth-order valence-electron chi connectivity index (χ4n) is 3.40. The average molecular weight is 398 g/mol. The van der Waals surface area contributed by atoms with Crippen molar-refractivity contribution in [2.75, 3.05) is 51.6 Å². The molecule has 154 valence electrons. The van der Waals surface area contributed by atoms with Gasteiger partial charge in [-0.1, -0.05) is 36.4 Å². The Balaban J connectivity index is 1.39. The summed E-state index contributed by atoms with van der Waals surface area (Å²) in [4.78, 5) is 30.5. The Bertz CT molecular complexity index is 823. The van der Waals surface area contributed by atoms with E-state index in [2.05, 4.69) is 22.3 Å². The quantitative estimate of drug-likeness (QED) is 0.776. The molecule has 0 radical (unpaired) electrons. The number of amides is 2. The van der Waals surface area contributed by atoms with Crippen LogP contribution in [0.2, 0.25) is 0 Å². The van der Waals surface area contributed by atoms with Crippen LogP contribution in [-0.2, 0) is 16.1 Å². The molecule has 0 aliphatic carbocycles. The van der Waals surface area contributed by atoms with Crippen molar-refractivity contribution >= 4 is 17.5 Å². The van der Waals surface area contributed by atoms with Gasteiger partial charge in [0.2, 0.25) is 11.8 Å². The van der Waals surface area contributed by atoms with Crippen LogP contribution in [0, 0.1) is 5.82 Å². The maximum Gasteiger partial charge on any atom is 0.238 e. The molecule has 1 aliphatic heterocycles. The van der Waals surface area contributed by atoms with E-state index in [9.17, 15) is 14.0 Å². The molecule has 29 heavy (non-hydrogen) atoms. The van der Waals surface area contributed by atoms with Crippen molar-refractivity contribution in [1.29, 1.82) is 0 Å². The molecule has 0 unspecified atom stereocenters. The van der Waals surface area contributed by atoms with Gasteiger partial charge in [-0.2, -0.15) is 0 Å². The zero-order chi connectivity index (χ0) is 20.6. The first-order chi connectivity index (χ1) is 14.0. The van der Waals surface area contributed by atoms with Gasteiger partial charge in [-0.3, -0.25) is 19.4 Å². The molecular weight excluding hydrogens is 371 g/mol. The van der Waals surface area contributed by atoms with Crippen LogP contribution in [0.15, 0.2) is 54.6 Å². The first kappa shape index (κ1) is 21.0. The highest BCUT2D eigenvalue weighted by molar-refractivity contribution is 5.92. The Labute approximate surface area is 170 Å². The van der Waals surface area contributed by atoms with Gasteiger partial charge in [0.25, 0.3) is 0 Å². The molecule has 7 heteroatoms. The van der Waals surface area contributed by atoms with Gasteiger partial charge in [0, 0.05) is 38.4 Å². The Morgan fingerprint density at radius 1 is 1.00 bits per heavy atom. The number of anilines is 1. The lowest BCUT2D eigenvalue weighted by Gasteiger charge is -2.35. The van der Waals surface area contributed by atoms with Crippen LogP contribution in [0.1, 0.15) is 5.56 Å². The van der Waals surface area contributed by atoms with Crippen LogP contribution in [0.25, 0.3) is 0 Å². The topological polar surface area (TPSA) is 55.9 Å². The number of carbonyl (C=O) groups excluding carboxylic acids is 2. The summed E-state index contributed by atoms with van der Waals surface area (Å²) in [5.41, 5.74) is 1.68. The van der Waals surface area contributed by atoms with Gasteiger partial charge in [0.15, 0.2) is 0 Å². The zero-order valence-corrected chi connectivity index (χ0v) is 16.7. The molecule has 1 saturated heterocycles. The Morgan fingerprint density at radius 2 is 1.72 bits per heavy atom. The van der Waals surface area contributed by atoms with E-state index in [0.29, 0.717) is 18.8 Å². The van der Waals surface area contributed by atoms with E-state index in [1.165, 1.54) is 23.8 Å². The molecule has 3 rings (SSSR count). The zero-order valence-electron chi connectivity index (χ0n) is 16.7. The van der Waals surface area contributed by atoms with Crippen LogP contribution in [0.5, 0.6) is 0 Å². The predicted octanol–water partition coefficient (Wildman–Crippen LogP) is 2.04. The largest absolute Gasteiger partial charge is 0.339 e. The lowest BCUT2D eigenvalue weighted by molar-refractivity contribution is -0.134. The minimum atomic E-state index is -0.405. The molecule has 1 heterocycles. The van der Waals surface area contributed by atoms with E-state index in [-0.39, 0.29) is 24.9 Å². The van der Waals surface area contributed by atoms with Gasteiger partial charge in [-0.15, -0.1) is 0 Å². The number of halogens is 1. The predicted molar refractivity (Wildman–Crippen MR) is 111 cm³/mol. The van der Waals surface area contributed by atoms with Crippen molar-refractivity contribution in [1.82, 2.24) is 14.7 Å². The Kier molecular flexibility index (Phi) is 7.32. The van der Waals surface area contributed by atoms with Gasteiger partial charge in [-0.05, 0) is 30.8 Å². The molecular formula is C22H27FN4O2. The van der Waals surface area contributed by atoms with Crippen LogP contribution >= 0.6 is 0 Å². The van der Waals surface area contributed by atoms with Crippen LogP contribution < -0.4 is 5.32 Å². The standard InChI is InChI=1S/C22H27FN4O2/c1-25(16-21(28)24-20-9-5-8-19(23)14-20)17-22(29)27-12-10-26(11-13-27)15-18-6-3-2-4-7-18/h2-9,14H,10-13,15-17H2,1H3,(H,24,28). The minimum Gasteiger partial charge on any atom is -0.339 e. The molecule has 0 spiro atoms. The number of likely N-dealkylation sites (N-methyl/N-ethyl adjacent to an activating group) is 1. The van der Waals surface area contributed by atoms with Crippen LogP contribution in [-0.4, -0.2) is 72.8 Å². The van der Waals surface area contributed by atoms with Gasteiger partial charge < -0.3 is 10.2 Å². The van der Waals surface area contributed by atoms with Crippen molar-refractivity contribution in [2.45, 2.75) is 6.54 Å². The fourth-order valence-corrected chi connectivity index (χ4v) is 3.40. The number of piperazine rings is 1. The molecule has 1 fully saturated rings. The third-order valence-corrected chi connectivity index (χ3v) is 4.90. The highest BCUT2D eigenvalue weighted by Gasteiger charge is 2.22. The lowest BCUT2D eigenvalue weighted by Crippen LogP contribution is -2.51. The van der Waals surface area contributed by atoms with E-state index in [1.54, 1.807) is 18.0 Å². The molecule has 1 aliphatic rings. The Hall–Kier alpha value is -2.77. The summed E-state index contributed by atoms with van der Waals surface area (Å²) in [5.74, 6) is -0.665. The fraction of sp³-hybridized carbons (Fsp3) is 0.364. The number of hydrogen-bond donors (Lipinski definition) is 1. The summed E-state index contributed by atoms with van der Waals surface area (Å²) >= 11 is 0. The molecule has 2 aromatic carbocycles. The summed E-state index contributed by atoms with van der Waals surface area (Å²) < 4.78 is 13.2. The minimum absolute atomic E-state index is 0.0189. The summed E-state index contributed by atoms with van der Waals surface area (Å²) in [6.07, 6.45) is 0. The molecule has 0 bridgehead atoms. The molecule has 6 nitrogen and oxygen atoms in total. The van der Waals surface area contributed by atoms with Gasteiger partial charge >= 0.3 is 0 Å². The number of hydrogen-bond acceptors (Lipinski definition) is 4. The van der Waals surface area contributed by atoms with Crippen LogP contribution in [0.3, 0.4) is 0 Å². The molecule has 1 N–H and O–H groups in total. The third kappa shape index (κ3) is 6.66. The number of carbonyl (C=O) groups is 2. The summed E-state index contributed by atoms with van der Waals surface area (Å²) in [5, 5.41) is 2.64. The first-order valence-electron chi connectivity index (χ1n) is 9.77. The number of benzene rings is 2. The van der Waals surface area contributed by atoms with E-state index in [4.69, 9.17) is 0 Å². The SMILES string of the molecule is CN(CC(=O)Nc1cccc(F)c1)CC(=O)N1CCN(Cc2ccccc2)CC1. The molecule has 0 aromatic heterocycles. The van der Waals surface area contributed by atoms with E-state index < -0.39 is 5.82 Å². The van der Waals surface area contributed by atoms with Crippen molar-refractivity contribution in [2.24, 2.45) is 0 Å². The first-order valence-corrected chi connectivity index (χ1v) is 9.77. The van der Waals surface area contributed by atoms with Crippen molar-refractivity contribution < 1.29 is 14.0 Å². The van der Waals surface area contributed by atoms with Crippen molar-refractivity contribution in [3.8, 4) is 0 Å². The number of nitrogens with one attached hydrogen (secondary N) is 1. The van der Waals surface area contributed by atoms with Crippen molar-refractivity contribution in [3.63, 3.8) is 0 Å². The highest BCUT2D eigenvalue weighted by atomic mass is 19.1. The van der Waals surface area contributed by atoms with Gasteiger partial charge in [-0.25, -0.2) is 4.39 Å². The third-order valence-electron chi connectivity index (χ3n) is 4.90. The summed E-state index contributed by atoms with van der Waals surface area (Å²) in [6, 6.07) is 16.1. The van der Waals surface area contributed by atoms with E-state index in [1.807, 2.05) is 23.1 Å². The second-order valence-electron chi connectivity index (χ2n) is 7.37. The summed E-state index contributed by atoms with van der Waals surface area (Å²) in [7, 11) is 1.73. The number of rotatable bonds is 7.